The lowest BCUT2D eigenvalue weighted by atomic mass is 10.0. The van der Waals surface area contributed by atoms with Crippen LogP contribution in [0.5, 0.6) is 0 Å². The summed E-state index contributed by atoms with van der Waals surface area (Å²) in [5.74, 6) is 0.570. The highest BCUT2D eigenvalue weighted by Gasteiger charge is 2.25. The van der Waals surface area contributed by atoms with Crippen molar-refractivity contribution in [3.8, 4) is 16.9 Å². The fraction of sp³-hybridized carbons (Fsp3) is 0.0417. The molecule has 1 N–H and O–H groups in total. The van der Waals surface area contributed by atoms with Crippen LogP contribution >= 0.6 is 0 Å². The number of hydrogen-bond acceptors (Lipinski definition) is 3. The van der Waals surface area contributed by atoms with Gasteiger partial charge in [0.15, 0.2) is 5.43 Å². The topological polar surface area (TPSA) is 67.8 Å². The van der Waals surface area contributed by atoms with Crippen LogP contribution in [0.15, 0.2) is 82.4 Å². The van der Waals surface area contributed by atoms with Crippen LogP contribution in [-0.2, 0) is 6.42 Å². The van der Waals surface area contributed by atoms with E-state index in [9.17, 15) is 9.59 Å². The van der Waals surface area contributed by atoms with Crippen molar-refractivity contribution in [3.05, 3.63) is 105 Å². The molecule has 5 heteroatoms. The second kappa shape index (κ2) is 5.75. The lowest BCUT2D eigenvalue weighted by molar-refractivity contribution is 0.859. The monoisotopic (exact) mass is 377 g/mol. The van der Waals surface area contributed by atoms with Crippen LogP contribution < -0.4 is 11.0 Å². The second-order valence-corrected chi connectivity index (χ2v) is 7.23. The molecule has 29 heavy (non-hydrogen) atoms. The SMILES string of the molecule is O=c1c2c([nH]c3ccccc13)-c1ccccc1-n1c(nc3ccccc3c1=O)C2. The number of para-hydroxylation sites is 3. The zero-order chi connectivity index (χ0) is 19.5. The van der Waals surface area contributed by atoms with E-state index < -0.39 is 0 Å². The van der Waals surface area contributed by atoms with E-state index in [2.05, 4.69) is 4.98 Å². The van der Waals surface area contributed by atoms with Gasteiger partial charge in [0.1, 0.15) is 5.82 Å². The number of benzene rings is 3. The van der Waals surface area contributed by atoms with Crippen LogP contribution in [-0.4, -0.2) is 14.5 Å². The van der Waals surface area contributed by atoms with E-state index in [-0.39, 0.29) is 17.4 Å². The van der Waals surface area contributed by atoms with Crippen molar-refractivity contribution in [2.75, 3.05) is 0 Å². The van der Waals surface area contributed by atoms with E-state index in [0.717, 1.165) is 22.5 Å². The van der Waals surface area contributed by atoms with Gasteiger partial charge in [0.25, 0.3) is 5.56 Å². The molecule has 3 aromatic carbocycles. The Balaban J connectivity index is 1.82. The van der Waals surface area contributed by atoms with E-state index in [1.807, 2.05) is 66.7 Å². The van der Waals surface area contributed by atoms with Crippen LogP contribution in [0.4, 0.5) is 0 Å². The molecule has 138 valence electrons. The average Bonchev–Trinajstić information content (AvgIpc) is 2.89. The molecule has 1 aliphatic heterocycles. The highest BCUT2D eigenvalue weighted by atomic mass is 16.1. The number of nitrogens with one attached hydrogen (secondary N) is 1. The molecule has 0 unspecified atom stereocenters. The lowest BCUT2D eigenvalue weighted by Crippen LogP contribution is -2.24. The van der Waals surface area contributed by atoms with Crippen molar-refractivity contribution in [1.29, 1.82) is 0 Å². The van der Waals surface area contributed by atoms with Crippen molar-refractivity contribution in [1.82, 2.24) is 14.5 Å². The summed E-state index contributed by atoms with van der Waals surface area (Å²) in [5.41, 5.74) is 4.20. The number of hydrogen-bond donors (Lipinski definition) is 1. The van der Waals surface area contributed by atoms with Crippen molar-refractivity contribution >= 4 is 21.8 Å². The molecule has 3 heterocycles. The third-order valence-electron chi connectivity index (χ3n) is 5.60. The molecule has 0 saturated heterocycles. The summed E-state index contributed by atoms with van der Waals surface area (Å²) < 4.78 is 1.65. The van der Waals surface area contributed by atoms with Gasteiger partial charge in [-0.1, -0.05) is 42.5 Å². The van der Waals surface area contributed by atoms with Crippen LogP contribution in [0.2, 0.25) is 0 Å². The molecule has 6 rings (SSSR count). The van der Waals surface area contributed by atoms with E-state index in [1.165, 1.54) is 0 Å². The van der Waals surface area contributed by atoms with Gasteiger partial charge in [0.05, 0.1) is 22.3 Å². The van der Waals surface area contributed by atoms with E-state index in [4.69, 9.17) is 4.98 Å². The van der Waals surface area contributed by atoms with Gasteiger partial charge in [-0.3, -0.25) is 14.2 Å². The minimum atomic E-state index is -0.122. The Hall–Kier alpha value is -3.99. The summed E-state index contributed by atoms with van der Waals surface area (Å²) in [7, 11) is 0. The molecule has 2 aromatic heterocycles. The number of fused-ring (bicyclic) bond motifs is 7. The van der Waals surface area contributed by atoms with Crippen molar-refractivity contribution in [2.24, 2.45) is 0 Å². The fourth-order valence-electron chi connectivity index (χ4n) is 4.26. The van der Waals surface area contributed by atoms with Crippen molar-refractivity contribution < 1.29 is 0 Å². The first-order valence-electron chi connectivity index (χ1n) is 9.47. The molecule has 0 amide bonds. The molecule has 5 aromatic rings. The van der Waals surface area contributed by atoms with Gasteiger partial charge >= 0.3 is 0 Å². The molecule has 0 radical (unpaired) electrons. The molecule has 0 aliphatic carbocycles. The summed E-state index contributed by atoms with van der Waals surface area (Å²) in [6.07, 6.45) is 0.282. The maximum absolute atomic E-state index is 13.4. The zero-order valence-electron chi connectivity index (χ0n) is 15.3. The first-order valence-corrected chi connectivity index (χ1v) is 9.47. The molecule has 1 aliphatic rings. The Morgan fingerprint density at radius 2 is 1.55 bits per heavy atom. The highest BCUT2D eigenvalue weighted by Crippen LogP contribution is 2.32. The molecule has 0 saturated carbocycles. The maximum Gasteiger partial charge on any atom is 0.265 e. The van der Waals surface area contributed by atoms with Crippen LogP contribution in [0.3, 0.4) is 0 Å². The molecular formula is C24H15N3O2. The van der Waals surface area contributed by atoms with Crippen LogP contribution in [0.25, 0.3) is 38.8 Å². The Kier molecular flexibility index (Phi) is 3.18. The van der Waals surface area contributed by atoms with Crippen LogP contribution in [0.1, 0.15) is 11.4 Å². The van der Waals surface area contributed by atoms with Crippen LogP contribution in [0, 0.1) is 0 Å². The smallest absolute Gasteiger partial charge is 0.265 e. The molecule has 0 atom stereocenters. The predicted octanol–water partition coefficient (Wildman–Crippen LogP) is 3.80. The number of aromatic nitrogens is 3. The van der Waals surface area contributed by atoms with Gasteiger partial charge in [-0.2, -0.15) is 0 Å². The summed E-state index contributed by atoms with van der Waals surface area (Å²) in [4.78, 5) is 35.0. The van der Waals surface area contributed by atoms with Crippen molar-refractivity contribution in [3.63, 3.8) is 0 Å². The normalized spacial score (nSPS) is 12.3. The molecule has 0 bridgehead atoms. The number of nitrogens with zero attached hydrogens (tertiary/aromatic N) is 2. The summed E-state index contributed by atoms with van der Waals surface area (Å²) >= 11 is 0. The van der Waals surface area contributed by atoms with Gasteiger partial charge < -0.3 is 4.98 Å². The lowest BCUT2D eigenvalue weighted by Gasteiger charge is -2.13. The zero-order valence-corrected chi connectivity index (χ0v) is 15.3. The molecule has 5 nitrogen and oxygen atoms in total. The standard InChI is InChI=1S/C24H15N3O2/c28-23-14-7-1-4-10-18(14)26-22-16-9-3-6-12-20(16)27-21(13-17(22)23)25-19-11-5-2-8-15(19)24(27)29/h1-12H,13H2,(H,26,28). The number of aromatic amines is 1. The van der Waals surface area contributed by atoms with E-state index in [1.54, 1.807) is 10.6 Å². The third-order valence-corrected chi connectivity index (χ3v) is 5.60. The van der Waals surface area contributed by atoms with Gasteiger partial charge in [0.2, 0.25) is 0 Å². The number of H-pyrrole nitrogens is 1. The van der Waals surface area contributed by atoms with Gasteiger partial charge in [-0.15, -0.1) is 0 Å². The average molecular weight is 377 g/mol. The summed E-state index contributed by atoms with van der Waals surface area (Å²) in [6, 6.07) is 22.5. The Morgan fingerprint density at radius 1 is 0.828 bits per heavy atom. The summed E-state index contributed by atoms with van der Waals surface area (Å²) in [5, 5.41) is 1.20. The van der Waals surface area contributed by atoms with Gasteiger partial charge in [0, 0.05) is 28.5 Å². The Labute approximate surface area is 164 Å². The third kappa shape index (κ3) is 2.18. The predicted molar refractivity (Wildman–Crippen MR) is 114 cm³/mol. The second-order valence-electron chi connectivity index (χ2n) is 7.23. The fourth-order valence-corrected chi connectivity index (χ4v) is 4.26. The molecule has 0 fully saturated rings. The number of rotatable bonds is 0. The maximum atomic E-state index is 13.4. The van der Waals surface area contributed by atoms with Gasteiger partial charge in [-0.05, 0) is 30.3 Å². The summed E-state index contributed by atoms with van der Waals surface area (Å²) in [6.45, 7) is 0. The number of pyridine rings is 1. The quantitative estimate of drug-likeness (QED) is 0.438. The highest BCUT2D eigenvalue weighted by molar-refractivity contribution is 5.86. The van der Waals surface area contributed by atoms with Crippen molar-refractivity contribution in [2.45, 2.75) is 6.42 Å². The Morgan fingerprint density at radius 3 is 2.45 bits per heavy atom. The first kappa shape index (κ1) is 16.0. The Bertz CT molecular complexity index is 1580. The molecule has 0 spiro atoms. The minimum absolute atomic E-state index is 0.0278. The largest absolute Gasteiger partial charge is 0.354 e. The molecular weight excluding hydrogens is 362 g/mol. The minimum Gasteiger partial charge on any atom is -0.354 e. The van der Waals surface area contributed by atoms with E-state index >= 15 is 0 Å². The van der Waals surface area contributed by atoms with Gasteiger partial charge in [-0.25, -0.2) is 4.98 Å². The first-order chi connectivity index (χ1) is 14.2. The van der Waals surface area contributed by atoms with E-state index in [0.29, 0.717) is 27.7 Å².